The number of hydrogen-bond donors (Lipinski definition) is 3. The van der Waals surface area contributed by atoms with Gasteiger partial charge in [0.2, 0.25) is 5.91 Å². The number of anilines is 2. The van der Waals surface area contributed by atoms with Crippen molar-refractivity contribution in [3.05, 3.63) is 59.1 Å². The number of thiocarbonyl (C=S) groups is 1. The molecular weight excluding hydrogens is 372 g/mol. The molecule has 0 aromatic heterocycles. The predicted molar refractivity (Wildman–Crippen MR) is 106 cm³/mol. The van der Waals surface area contributed by atoms with Crippen LogP contribution in [0.15, 0.2) is 48.5 Å². The van der Waals surface area contributed by atoms with E-state index in [0.717, 1.165) is 12.1 Å². The van der Waals surface area contributed by atoms with Gasteiger partial charge in [-0.15, -0.1) is 0 Å². The molecule has 1 aliphatic heterocycles. The number of amides is 2. The minimum Gasteiger partial charge on any atom is -0.331 e. The molecule has 0 spiro atoms. The third kappa shape index (κ3) is 4.50. The Bertz CT molecular complexity index is 859. The maximum atomic E-state index is 12.3. The van der Waals surface area contributed by atoms with Gasteiger partial charge in [-0.1, -0.05) is 23.7 Å². The van der Waals surface area contributed by atoms with Crippen LogP contribution in [0.2, 0.25) is 5.02 Å². The Morgan fingerprint density at radius 1 is 1.12 bits per heavy atom. The van der Waals surface area contributed by atoms with Crippen molar-refractivity contribution in [3.63, 3.8) is 0 Å². The third-order valence-corrected chi connectivity index (χ3v) is 4.30. The fraction of sp³-hybridized carbons (Fsp3) is 0.167. The number of rotatable bonds is 3. The van der Waals surface area contributed by atoms with E-state index in [1.807, 2.05) is 6.07 Å². The molecule has 0 saturated carbocycles. The van der Waals surface area contributed by atoms with E-state index in [9.17, 15) is 9.59 Å². The summed E-state index contributed by atoms with van der Waals surface area (Å²) in [4.78, 5) is 25.9. The Balaban J connectivity index is 1.58. The fourth-order valence-electron chi connectivity index (χ4n) is 2.65. The second-order valence-corrected chi connectivity index (χ2v) is 6.59. The van der Waals surface area contributed by atoms with E-state index in [1.165, 1.54) is 0 Å². The van der Waals surface area contributed by atoms with Gasteiger partial charge < -0.3 is 10.2 Å². The largest absolute Gasteiger partial charge is 0.331 e. The highest BCUT2D eigenvalue weighted by molar-refractivity contribution is 7.80. The molecule has 0 bridgehead atoms. The summed E-state index contributed by atoms with van der Waals surface area (Å²) in [5, 5.41) is 3.73. The smallest absolute Gasteiger partial charge is 0.269 e. The van der Waals surface area contributed by atoms with Gasteiger partial charge in [-0.05, 0) is 55.0 Å². The van der Waals surface area contributed by atoms with Crippen LogP contribution in [0.5, 0.6) is 0 Å². The summed E-state index contributed by atoms with van der Waals surface area (Å²) in [6.45, 7) is 0.676. The lowest BCUT2D eigenvalue weighted by molar-refractivity contribution is -0.117. The second-order valence-electron chi connectivity index (χ2n) is 5.74. The molecule has 134 valence electrons. The minimum absolute atomic E-state index is 0.0765. The number of carbonyl (C=O) groups is 2. The Kier molecular flexibility index (Phi) is 5.70. The summed E-state index contributed by atoms with van der Waals surface area (Å²) in [6, 6.07) is 14.0. The lowest BCUT2D eigenvalue weighted by atomic mass is 10.2. The van der Waals surface area contributed by atoms with E-state index in [0.29, 0.717) is 29.2 Å². The maximum Gasteiger partial charge on any atom is 0.269 e. The van der Waals surface area contributed by atoms with Crippen LogP contribution in [0.25, 0.3) is 0 Å². The van der Waals surface area contributed by atoms with E-state index in [1.54, 1.807) is 47.4 Å². The first-order valence-corrected chi connectivity index (χ1v) is 8.85. The summed E-state index contributed by atoms with van der Waals surface area (Å²) < 4.78 is 0. The van der Waals surface area contributed by atoms with Crippen LogP contribution in [0.4, 0.5) is 11.4 Å². The van der Waals surface area contributed by atoms with Gasteiger partial charge in [0.25, 0.3) is 5.91 Å². The fourth-order valence-corrected chi connectivity index (χ4v) is 3.01. The standard InChI is InChI=1S/C18H17ClN4O2S/c19-13-5-2-6-14(11-13)20-18(26)22-21-17(25)12-4-1-7-15(10-12)23-9-3-8-16(23)24/h1-2,4-7,10-11H,3,8-9H2,(H,21,25)(H2,20,22,26). The average molecular weight is 389 g/mol. The third-order valence-electron chi connectivity index (χ3n) is 3.87. The number of nitrogens with one attached hydrogen (secondary N) is 3. The molecule has 0 atom stereocenters. The Labute approximate surface area is 161 Å². The highest BCUT2D eigenvalue weighted by Gasteiger charge is 2.22. The van der Waals surface area contributed by atoms with Crippen molar-refractivity contribution in [2.75, 3.05) is 16.8 Å². The Morgan fingerprint density at radius 2 is 1.92 bits per heavy atom. The highest BCUT2D eigenvalue weighted by Crippen LogP contribution is 2.22. The molecule has 0 unspecified atom stereocenters. The molecule has 2 aromatic carbocycles. The van der Waals surface area contributed by atoms with Gasteiger partial charge in [0, 0.05) is 34.9 Å². The quantitative estimate of drug-likeness (QED) is 0.556. The van der Waals surface area contributed by atoms with Crippen LogP contribution in [-0.4, -0.2) is 23.5 Å². The van der Waals surface area contributed by atoms with E-state index in [-0.39, 0.29) is 16.9 Å². The molecule has 0 radical (unpaired) electrons. The first-order chi connectivity index (χ1) is 12.5. The van der Waals surface area contributed by atoms with Crippen LogP contribution >= 0.6 is 23.8 Å². The van der Waals surface area contributed by atoms with Crippen molar-refractivity contribution in [1.82, 2.24) is 10.9 Å². The second kappa shape index (κ2) is 8.16. The molecule has 1 heterocycles. The molecule has 2 aromatic rings. The lowest BCUT2D eigenvalue weighted by Crippen LogP contribution is -2.43. The molecule has 1 aliphatic rings. The zero-order chi connectivity index (χ0) is 18.5. The van der Waals surface area contributed by atoms with Crippen molar-refractivity contribution in [2.24, 2.45) is 0 Å². The highest BCUT2D eigenvalue weighted by atomic mass is 35.5. The molecule has 6 nitrogen and oxygen atoms in total. The zero-order valence-corrected chi connectivity index (χ0v) is 15.4. The molecule has 0 aliphatic carbocycles. The first kappa shape index (κ1) is 18.2. The maximum absolute atomic E-state index is 12.3. The van der Waals surface area contributed by atoms with Crippen LogP contribution in [0, 0.1) is 0 Å². The van der Waals surface area contributed by atoms with E-state index >= 15 is 0 Å². The average Bonchev–Trinajstić information content (AvgIpc) is 3.06. The number of halogens is 1. The van der Waals surface area contributed by atoms with Gasteiger partial charge >= 0.3 is 0 Å². The number of nitrogens with zero attached hydrogens (tertiary/aromatic N) is 1. The van der Waals surface area contributed by atoms with Crippen molar-refractivity contribution < 1.29 is 9.59 Å². The van der Waals surface area contributed by atoms with Gasteiger partial charge in [-0.2, -0.15) is 0 Å². The van der Waals surface area contributed by atoms with Crippen LogP contribution in [-0.2, 0) is 4.79 Å². The van der Waals surface area contributed by atoms with Crippen LogP contribution < -0.4 is 21.1 Å². The lowest BCUT2D eigenvalue weighted by Gasteiger charge is -2.17. The van der Waals surface area contributed by atoms with Crippen molar-refractivity contribution >= 4 is 52.1 Å². The number of benzene rings is 2. The van der Waals surface area contributed by atoms with E-state index < -0.39 is 0 Å². The molecule has 1 saturated heterocycles. The molecule has 3 rings (SSSR count). The van der Waals surface area contributed by atoms with Crippen molar-refractivity contribution in [1.29, 1.82) is 0 Å². The van der Waals surface area contributed by atoms with Gasteiger partial charge in [0.15, 0.2) is 5.11 Å². The SMILES string of the molecule is O=C(NNC(=S)Nc1cccc(Cl)c1)c1cccc(N2CCCC2=O)c1. The minimum atomic E-state index is -0.353. The van der Waals surface area contributed by atoms with Gasteiger partial charge in [0.1, 0.15) is 0 Å². The molecule has 3 N–H and O–H groups in total. The summed E-state index contributed by atoms with van der Waals surface area (Å²) in [6.07, 6.45) is 1.38. The Morgan fingerprint density at radius 3 is 2.65 bits per heavy atom. The number of hydrogen-bond acceptors (Lipinski definition) is 3. The normalized spacial score (nSPS) is 13.4. The van der Waals surface area contributed by atoms with E-state index in [4.69, 9.17) is 23.8 Å². The number of carbonyl (C=O) groups excluding carboxylic acids is 2. The predicted octanol–water partition coefficient (Wildman–Crippen LogP) is 3.10. The topological polar surface area (TPSA) is 73.5 Å². The molecule has 8 heteroatoms. The summed E-state index contributed by atoms with van der Waals surface area (Å²) >= 11 is 11.1. The first-order valence-electron chi connectivity index (χ1n) is 8.06. The van der Waals surface area contributed by atoms with Gasteiger partial charge in [-0.25, -0.2) is 0 Å². The summed E-state index contributed by atoms with van der Waals surface area (Å²) in [5.41, 5.74) is 7.04. The van der Waals surface area contributed by atoms with Gasteiger partial charge in [0.05, 0.1) is 0 Å². The van der Waals surface area contributed by atoms with Crippen molar-refractivity contribution in [2.45, 2.75) is 12.8 Å². The monoisotopic (exact) mass is 388 g/mol. The number of hydrazine groups is 1. The van der Waals surface area contributed by atoms with Crippen molar-refractivity contribution in [3.8, 4) is 0 Å². The molecular formula is C18H17ClN4O2S. The van der Waals surface area contributed by atoms with Crippen LogP contribution in [0.3, 0.4) is 0 Å². The molecule has 1 fully saturated rings. The molecule has 2 amide bonds. The van der Waals surface area contributed by atoms with E-state index in [2.05, 4.69) is 16.2 Å². The molecule has 26 heavy (non-hydrogen) atoms. The summed E-state index contributed by atoms with van der Waals surface area (Å²) in [7, 11) is 0. The zero-order valence-electron chi connectivity index (χ0n) is 13.8. The Hall–Kier alpha value is -2.64. The summed E-state index contributed by atoms with van der Waals surface area (Å²) in [5.74, 6) is -0.277. The van der Waals surface area contributed by atoms with Gasteiger partial charge in [-0.3, -0.25) is 20.4 Å². The van der Waals surface area contributed by atoms with Crippen LogP contribution in [0.1, 0.15) is 23.2 Å².